The largest absolute Gasteiger partial charge is 0.497 e. The number of ether oxygens (including phenoxy) is 1. The van der Waals surface area contributed by atoms with Crippen LogP contribution in [0.4, 0.5) is 0 Å². The van der Waals surface area contributed by atoms with Crippen LogP contribution in [0.5, 0.6) is 5.75 Å². The molecule has 0 unspecified atom stereocenters. The van der Waals surface area contributed by atoms with E-state index in [1.807, 2.05) is 0 Å². The molecule has 1 heterocycles. The minimum Gasteiger partial charge on any atom is -0.497 e. The molecule has 0 aliphatic rings. The van der Waals surface area contributed by atoms with Crippen LogP contribution in [0.25, 0.3) is 11.0 Å². The maximum absolute atomic E-state index is 12.4. The highest BCUT2D eigenvalue weighted by molar-refractivity contribution is 7.90. The molecule has 0 aliphatic heterocycles. The van der Waals surface area contributed by atoms with Crippen molar-refractivity contribution in [2.45, 2.75) is 9.79 Å². The predicted octanol–water partition coefficient (Wildman–Crippen LogP) is 0.488. The van der Waals surface area contributed by atoms with Crippen molar-refractivity contribution in [1.82, 2.24) is 19.8 Å². The zero-order chi connectivity index (χ0) is 19.5. The molecule has 0 fully saturated rings. The second-order valence-corrected chi connectivity index (χ2v) is 8.86. The third-order valence-electron chi connectivity index (χ3n) is 3.62. The number of methoxy groups -OCH3 is 1. The summed E-state index contributed by atoms with van der Waals surface area (Å²) >= 11 is 0. The van der Waals surface area contributed by atoms with Gasteiger partial charge in [-0.05, 0) is 46.7 Å². The molecule has 27 heavy (non-hydrogen) atoms. The van der Waals surface area contributed by atoms with E-state index in [4.69, 9.17) is 4.74 Å². The third kappa shape index (κ3) is 4.24. The van der Waals surface area contributed by atoms with E-state index in [2.05, 4.69) is 24.4 Å². The average molecular weight is 412 g/mol. The molecule has 3 aromatic rings. The summed E-state index contributed by atoms with van der Waals surface area (Å²) < 4.78 is 63.4. The van der Waals surface area contributed by atoms with Gasteiger partial charge in [-0.3, -0.25) is 0 Å². The van der Waals surface area contributed by atoms with Crippen molar-refractivity contribution < 1.29 is 26.2 Å². The number of nitrogens with one attached hydrogen (secondary N) is 2. The number of rotatable bonds is 8. The van der Waals surface area contributed by atoms with Crippen LogP contribution in [0.1, 0.15) is 0 Å². The van der Waals surface area contributed by atoms with Crippen molar-refractivity contribution in [3.8, 4) is 5.75 Å². The highest BCUT2D eigenvalue weighted by Crippen LogP contribution is 2.19. The van der Waals surface area contributed by atoms with Gasteiger partial charge in [-0.15, -0.1) is 0 Å². The monoisotopic (exact) mass is 412 g/mol. The Morgan fingerprint density at radius 2 is 1.59 bits per heavy atom. The Kier molecular flexibility index (Phi) is 5.41. The Labute approximate surface area is 155 Å². The lowest BCUT2D eigenvalue weighted by atomic mass is 10.3. The number of nitrogens with zero attached hydrogens (tertiary/aromatic N) is 2. The smallest absolute Gasteiger partial charge is 0.242 e. The summed E-state index contributed by atoms with van der Waals surface area (Å²) in [4.78, 5) is -0.0520. The van der Waals surface area contributed by atoms with Crippen LogP contribution in [0.3, 0.4) is 0 Å². The first-order valence-electron chi connectivity index (χ1n) is 7.68. The first kappa shape index (κ1) is 19.2. The van der Waals surface area contributed by atoms with Crippen LogP contribution in [0.15, 0.2) is 56.9 Å². The van der Waals surface area contributed by atoms with Gasteiger partial charge in [-0.25, -0.2) is 30.9 Å². The van der Waals surface area contributed by atoms with E-state index in [9.17, 15) is 16.8 Å². The SMILES string of the molecule is COc1ccc(S(=O)(=O)NCCNS(=O)(=O)c2cccc3nonc23)cc1. The van der Waals surface area contributed by atoms with Gasteiger partial charge in [0, 0.05) is 13.1 Å². The zero-order valence-corrected chi connectivity index (χ0v) is 15.7. The summed E-state index contributed by atoms with van der Waals surface area (Å²) in [5, 5.41) is 7.17. The molecule has 0 spiro atoms. The molecule has 2 aromatic carbocycles. The van der Waals surface area contributed by atoms with E-state index in [1.54, 1.807) is 6.07 Å². The first-order chi connectivity index (χ1) is 12.8. The minimum absolute atomic E-state index is 0.0459. The van der Waals surface area contributed by atoms with Crippen LogP contribution >= 0.6 is 0 Å². The number of benzene rings is 2. The second-order valence-electron chi connectivity index (χ2n) is 5.36. The van der Waals surface area contributed by atoms with E-state index in [-0.39, 0.29) is 28.4 Å². The Morgan fingerprint density at radius 3 is 2.26 bits per heavy atom. The molecule has 0 saturated heterocycles. The van der Waals surface area contributed by atoms with Crippen molar-refractivity contribution >= 4 is 31.1 Å². The number of hydrogen-bond donors (Lipinski definition) is 2. The van der Waals surface area contributed by atoms with Crippen LogP contribution in [-0.4, -0.2) is 47.3 Å². The number of fused-ring (bicyclic) bond motifs is 1. The lowest BCUT2D eigenvalue weighted by Crippen LogP contribution is -2.34. The number of sulfonamides is 2. The highest BCUT2D eigenvalue weighted by Gasteiger charge is 2.20. The van der Waals surface area contributed by atoms with Gasteiger partial charge in [-0.1, -0.05) is 6.07 Å². The molecular formula is C15H16N4O6S2. The van der Waals surface area contributed by atoms with Gasteiger partial charge in [0.2, 0.25) is 20.0 Å². The fourth-order valence-corrected chi connectivity index (χ4v) is 4.50. The fourth-order valence-electron chi connectivity index (χ4n) is 2.28. The van der Waals surface area contributed by atoms with Crippen LogP contribution in [0.2, 0.25) is 0 Å². The van der Waals surface area contributed by atoms with Crippen molar-refractivity contribution in [3.05, 3.63) is 42.5 Å². The van der Waals surface area contributed by atoms with Crippen LogP contribution < -0.4 is 14.2 Å². The van der Waals surface area contributed by atoms with E-state index in [1.165, 1.54) is 43.5 Å². The van der Waals surface area contributed by atoms with E-state index in [0.717, 1.165) is 0 Å². The summed E-state index contributed by atoms with van der Waals surface area (Å²) in [7, 11) is -6.21. The summed E-state index contributed by atoms with van der Waals surface area (Å²) in [6, 6.07) is 10.2. The molecule has 0 atom stereocenters. The summed E-state index contributed by atoms with van der Waals surface area (Å²) in [6.45, 7) is -0.292. The van der Waals surface area contributed by atoms with Crippen LogP contribution in [-0.2, 0) is 20.0 Å². The van der Waals surface area contributed by atoms with Crippen LogP contribution in [0, 0.1) is 0 Å². The van der Waals surface area contributed by atoms with E-state index >= 15 is 0 Å². The number of aromatic nitrogens is 2. The fraction of sp³-hybridized carbons (Fsp3) is 0.200. The molecule has 0 aliphatic carbocycles. The molecule has 2 N–H and O–H groups in total. The molecule has 144 valence electrons. The Hall–Kier alpha value is -2.54. The summed E-state index contributed by atoms with van der Waals surface area (Å²) in [6.07, 6.45) is 0. The zero-order valence-electron chi connectivity index (χ0n) is 14.1. The molecule has 0 amide bonds. The minimum atomic E-state index is -3.91. The summed E-state index contributed by atoms with van der Waals surface area (Å²) in [5.74, 6) is 0.526. The van der Waals surface area contributed by atoms with Gasteiger partial charge in [0.25, 0.3) is 0 Å². The van der Waals surface area contributed by atoms with Gasteiger partial charge >= 0.3 is 0 Å². The molecule has 12 heteroatoms. The standard InChI is InChI=1S/C15H16N4O6S2/c1-24-11-5-7-12(8-6-11)26(20,21)16-9-10-17-27(22,23)14-4-2-3-13-15(14)19-25-18-13/h2-8,16-17H,9-10H2,1H3. The number of hydrogen-bond acceptors (Lipinski definition) is 8. The molecule has 10 nitrogen and oxygen atoms in total. The van der Waals surface area contributed by atoms with Crippen molar-refractivity contribution in [3.63, 3.8) is 0 Å². The molecule has 3 rings (SSSR count). The summed E-state index contributed by atoms with van der Waals surface area (Å²) in [5.41, 5.74) is 0.405. The molecule has 0 saturated carbocycles. The Morgan fingerprint density at radius 1 is 0.926 bits per heavy atom. The van der Waals surface area contributed by atoms with E-state index in [0.29, 0.717) is 11.3 Å². The van der Waals surface area contributed by atoms with Crippen molar-refractivity contribution in [1.29, 1.82) is 0 Å². The first-order valence-corrected chi connectivity index (χ1v) is 10.6. The topological polar surface area (TPSA) is 140 Å². The predicted molar refractivity (Wildman–Crippen MR) is 95.2 cm³/mol. The van der Waals surface area contributed by atoms with Crippen molar-refractivity contribution in [2.24, 2.45) is 0 Å². The molecule has 0 radical (unpaired) electrons. The molecule has 0 bridgehead atoms. The highest BCUT2D eigenvalue weighted by atomic mass is 32.2. The average Bonchev–Trinajstić information content (AvgIpc) is 3.14. The normalized spacial score (nSPS) is 12.3. The lowest BCUT2D eigenvalue weighted by Gasteiger charge is -2.09. The van der Waals surface area contributed by atoms with E-state index < -0.39 is 20.0 Å². The Bertz CT molecular complexity index is 1140. The van der Waals surface area contributed by atoms with Gasteiger partial charge in [0.15, 0.2) is 5.52 Å². The van der Waals surface area contributed by atoms with Crippen molar-refractivity contribution in [2.75, 3.05) is 20.2 Å². The Balaban J connectivity index is 1.63. The van der Waals surface area contributed by atoms with Gasteiger partial charge in [0.1, 0.15) is 16.2 Å². The maximum atomic E-state index is 12.4. The maximum Gasteiger partial charge on any atom is 0.242 e. The third-order valence-corrected chi connectivity index (χ3v) is 6.59. The van der Waals surface area contributed by atoms with Gasteiger partial charge in [-0.2, -0.15) is 0 Å². The molecular weight excluding hydrogens is 396 g/mol. The van der Waals surface area contributed by atoms with Gasteiger partial charge < -0.3 is 4.74 Å². The lowest BCUT2D eigenvalue weighted by molar-refractivity contribution is 0.315. The quantitative estimate of drug-likeness (QED) is 0.509. The second kappa shape index (κ2) is 7.60. The van der Waals surface area contributed by atoms with Gasteiger partial charge in [0.05, 0.1) is 12.0 Å². The molecule has 1 aromatic heterocycles.